The lowest BCUT2D eigenvalue weighted by molar-refractivity contribution is -0.000304. The van der Waals surface area contributed by atoms with Crippen molar-refractivity contribution in [2.45, 2.75) is 57.8 Å². The molecule has 2 fully saturated rings. The molecule has 1 unspecified atom stereocenters. The fraction of sp³-hybridized carbons (Fsp3) is 0.714. The predicted octanol–water partition coefficient (Wildman–Crippen LogP) is 2.71. The van der Waals surface area contributed by atoms with Gasteiger partial charge in [0.2, 0.25) is 0 Å². The van der Waals surface area contributed by atoms with Crippen LogP contribution in [0.5, 0.6) is 0 Å². The molecule has 3 rings (SSSR count). The lowest BCUT2D eigenvalue weighted by Gasteiger charge is -2.48. The van der Waals surface area contributed by atoms with Crippen molar-refractivity contribution in [1.29, 1.82) is 0 Å². The smallest absolute Gasteiger partial charge is 0.127 e. The van der Waals surface area contributed by atoms with Crippen molar-refractivity contribution >= 4 is 0 Å². The van der Waals surface area contributed by atoms with Crippen molar-refractivity contribution in [2.75, 3.05) is 39.3 Å². The van der Waals surface area contributed by atoms with Gasteiger partial charge in [-0.1, -0.05) is 0 Å². The van der Waals surface area contributed by atoms with Crippen LogP contribution in [0, 0.1) is 11.6 Å². The molecular weight excluding hydrogens is 348 g/mol. The normalized spacial score (nSPS) is 24.0. The van der Waals surface area contributed by atoms with Gasteiger partial charge in [0.05, 0.1) is 0 Å². The minimum Gasteiger partial charge on any atom is -0.396 e. The van der Waals surface area contributed by atoms with E-state index in [1.165, 1.54) is 25.0 Å². The van der Waals surface area contributed by atoms with Gasteiger partial charge in [-0.2, -0.15) is 0 Å². The number of piperidine rings is 1. The first-order valence-corrected chi connectivity index (χ1v) is 10.2. The van der Waals surface area contributed by atoms with Gasteiger partial charge in [0.25, 0.3) is 0 Å². The summed E-state index contributed by atoms with van der Waals surface area (Å²) in [6.45, 7) is 9.90. The molecule has 0 radical (unpaired) electrons. The van der Waals surface area contributed by atoms with E-state index in [2.05, 4.69) is 28.5 Å². The van der Waals surface area contributed by atoms with E-state index in [0.717, 1.165) is 45.2 Å². The molecule has 2 aliphatic rings. The summed E-state index contributed by atoms with van der Waals surface area (Å²) in [7, 11) is 0. The van der Waals surface area contributed by atoms with E-state index in [1.807, 2.05) is 0 Å². The van der Waals surface area contributed by atoms with Gasteiger partial charge >= 0.3 is 0 Å². The summed E-state index contributed by atoms with van der Waals surface area (Å²) in [5.41, 5.74) is 0.413. The van der Waals surface area contributed by atoms with Gasteiger partial charge in [-0.3, -0.25) is 9.80 Å². The number of piperazine rings is 1. The minimum atomic E-state index is -0.395. The molecule has 27 heavy (non-hydrogen) atoms. The molecule has 2 saturated heterocycles. The van der Waals surface area contributed by atoms with E-state index in [4.69, 9.17) is 0 Å². The Hall–Kier alpha value is -1.08. The van der Waals surface area contributed by atoms with Crippen molar-refractivity contribution < 1.29 is 13.9 Å². The lowest BCUT2D eigenvalue weighted by Crippen LogP contribution is -2.58. The van der Waals surface area contributed by atoms with Crippen molar-refractivity contribution in [2.24, 2.45) is 0 Å². The molecule has 1 N–H and O–H groups in total. The van der Waals surface area contributed by atoms with E-state index < -0.39 is 5.82 Å². The highest BCUT2D eigenvalue weighted by atomic mass is 19.1. The number of nitrogens with zero attached hydrogens (tertiary/aromatic N) is 3. The maximum Gasteiger partial charge on any atom is 0.127 e. The van der Waals surface area contributed by atoms with Crippen LogP contribution in [0.2, 0.25) is 0 Å². The molecule has 0 spiro atoms. The van der Waals surface area contributed by atoms with Gasteiger partial charge in [0.15, 0.2) is 0 Å². The number of benzene rings is 1. The Morgan fingerprint density at radius 1 is 1.11 bits per heavy atom. The average molecular weight is 382 g/mol. The molecule has 0 bridgehead atoms. The minimum absolute atomic E-state index is 0.161. The Balaban J connectivity index is 1.61. The van der Waals surface area contributed by atoms with Crippen LogP contribution in [0.4, 0.5) is 8.78 Å². The number of hydrogen-bond donors (Lipinski definition) is 1. The van der Waals surface area contributed by atoms with Gasteiger partial charge in [-0.05, 0) is 64.4 Å². The second-order valence-corrected chi connectivity index (χ2v) is 8.24. The fourth-order valence-electron chi connectivity index (χ4n) is 4.60. The highest BCUT2D eigenvalue weighted by molar-refractivity contribution is 5.18. The van der Waals surface area contributed by atoms with Crippen molar-refractivity contribution in [3.05, 3.63) is 35.4 Å². The molecular formula is C21H33F2N3O. The third kappa shape index (κ3) is 5.25. The maximum atomic E-state index is 14.0. The quantitative estimate of drug-likeness (QED) is 0.821. The first-order chi connectivity index (χ1) is 13.0. The summed E-state index contributed by atoms with van der Waals surface area (Å²) < 4.78 is 27.5. The van der Waals surface area contributed by atoms with Crippen LogP contribution >= 0.6 is 0 Å². The molecule has 0 amide bonds. The molecule has 0 saturated carbocycles. The first kappa shape index (κ1) is 20.6. The van der Waals surface area contributed by atoms with Gasteiger partial charge in [0.1, 0.15) is 11.6 Å². The summed E-state index contributed by atoms with van der Waals surface area (Å²) in [5.74, 6) is -0.743. The third-order valence-corrected chi connectivity index (χ3v) is 6.17. The van der Waals surface area contributed by atoms with Crippen LogP contribution in [-0.4, -0.2) is 77.3 Å². The Morgan fingerprint density at radius 2 is 1.85 bits per heavy atom. The van der Waals surface area contributed by atoms with Crippen LogP contribution in [0.1, 0.15) is 38.7 Å². The largest absolute Gasteiger partial charge is 0.396 e. The molecule has 0 aliphatic carbocycles. The van der Waals surface area contributed by atoms with Gasteiger partial charge in [0, 0.05) is 56.5 Å². The predicted molar refractivity (Wildman–Crippen MR) is 104 cm³/mol. The maximum absolute atomic E-state index is 14.0. The van der Waals surface area contributed by atoms with Crippen molar-refractivity contribution in [1.82, 2.24) is 14.7 Å². The fourth-order valence-corrected chi connectivity index (χ4v) is 4.60. The van der Waals surface area contributed by atoms with Crippen molar-refractivity contribution in [3.63, 3.8) is 0 Å². The van der Waals surface area contributed by atoms with Crippen molar-refractivity contribution in [3.8, 4) is 0 Å². The number of likely N-dealkylation sites (tertiary alicyclic amines) is 1. The van der Waals surface area contributed by atoms with E-state index >= 15 is 0 Å². The molecule has 1 aromatic carbocycles. The Kier molecular flexibility index (Phi) is 7.20. The Bertz CT molecular complexity index is 605. The second kappa shape index (κ2) is 9.41. The number of hydrogen-bond acceptors (Lipinski definition) is 4. The average Bonchev–Trinajstić information content (AvgIpc) is 2.65. The zero-order valence-electron chi connectivity index (χ0n) is 16.6. The summed E-state index contributed by atoms with van der Waals surface area (Å²) in [4.78, 5) is 7.28. The summed E-state index contributed by atoms with van der Waals surface area (Å²) >= 11 is 0. The Labute approximate surface area is 161 Å². The molecule has 4 nitrogen and oxygen atoms in total. The van der Waals surface area contributed by atoms with Crippen LogP contribution in [0.15, 0.2) is 18.2 Å². The van der Waals surface area contributed by atoms with Crippen LogP contribution in [-0.2, 0) is 6.54 Å². The van der Waals surface area contributed by atoms with Gasteiger partial charge < -0.3 is 10.0 Å². The van der Waals surface area contributed by atoms with Gasteiger partial charge in [-0.25, -0.2) is 8.78 Å². The highest BCUT2D eigenvalue weighted by Crippen LogP contribution is 2.25. The number of aliphatic hydroxyl groups is 1. The topological polar surface area (TPSA) is 30.0 Å². The zero-order valence-corrected chi connectivity index (χ0v) is 16.6. The first-order valence-electron chi connectivity index (χ1n) is 10.2. The van der Waals surface area contributed by atoms with Crippen LogP contribution < -0.4 is 0 Å². The monoisotopic (exact) mass is 381 g/mol. The summed E-state index contributed by atoms with van der Waals surface area (Å²) in [5, 5.41) is 9.54. The van der Waals surface area contributed by atoms with Crippen LogP contribution in [0.25, 0.3) is 0 Å². The molecule has 2 heterocycles. The van der Waals surface area contributed by atoms with Crippen LogP contribution in [0.3, 0.4) is 0 Å². The number of rotatable bonds is 6. The molecule has 6 heteroatoms. The lowest BCUT2D eigenvalue weighted by atomic mass is 9.97. The molecule has 0 aromatic heterocycles. The molecule has 2 aliphatic heterocycles. The number of aliphatic hydroxyl groups excluding tert-OH is 1. The third-order valence-electron chi connectivity index (χ3n) is 6.17. The van der Waals surface area contributed by atoms with E-state index in [0.29, 0.717) is 24.2 Å². The molecule has 152 valence electrons. The molecule has 1 aromatic rings. The SMILES string of the molecule is CC(C)N1CCC(N2CCN(Cc3cc(F)ccc3F)CC2CCO)CC1. The van der Waals surface area contributed by atoms with Gasteiger partial charge in [-0.15, -0.1) is 0 Å². The van der Waals surface area contributed by atoms with E-state index in [1.54, 1.807) is 0 Å². The van der Waals surface area contributed by atoms with E-state index in [-0.39, 0.29) is 18.5 Å². The number of halogens is 2. The molecule has 1 atom stereocenters. The highest BCUT2D eigenvalue weighted by Gasteiger charge is 2.34. The summed E-state index contributed by atoms with van der Waals surface area (Å²) in [6, 6.07) is 5.09. The standard InChI is InChI=1S/C21H33F2N3O/c1-16(2)25-8-5-19(6-9-25)26-11-10-24(15-20(26)7-12-27)14-17-13-18(22)3-4-21(17)23/h3-4,13,16,19-20,27H,5-12,14-15H2,1-2H3. The second-order valence-electron chi connectivity index (χ2n) is 8.24. The van der Waals surface area contributed by atoms with E-state index in [9.17, 15) is 13.9 Å². The zero-order chi connectivity index (χ0) is 19.4. The Morgan fingerprint density at radius 3 is 2.52 bits per heavy atom. The summed E-state index contributed by atoms with van der Waals surface area (Å²) in [6.07, 6.45) is 3.06.